The molecule has 1 unspecified atom stereocenters. The lowest BCUT2D eigenvalue weighted by molar-refractivity contribution is -0.121. The molecular formula is C16H22N9O7P. The lowest BCUT2D eigenvalue weighted by atomic mass is 10.2. The van der Waals surface area contributed by atoms with Gasteiger partial charge in [-0.15, -0.1) is 0 Å². The Hall–Kier alpha value is -3.14. The first-order valence-electron chi connectivity index (χ1n) is 9.71. The van der Waals surface area contributed by atoms with Crippen molar-refractivity contribution in [2.45, 2.75) is 37.3 Å². The quantitative estimate of drug-likeness (QED) is 0.170. The summed E-state index contributed by atoms with van der Waals surface area (Å²) in [6, 6.07) is -1.12. The molecule has 1 fully saturated rings. The number of carbonyl (C=O) groups is 1. The number of hydrogen-bond donors (Lipinski definition) is 7. The van der Waals surface area contributed by atoms with Gasteiger partial charge in [0, 0.05) is 24.7 Å². The summed E-state index contributed by atoms with van der Waals surface area (Å²) in [4.78, 5) is 50.9. The Morgan fingerprint density at radius 2 is 2.30 bits per heavy atom. The average molecular weight is 483 g/mol. The third-order valence-electron chi connectivity index (χ3n) is 4.96. The van der Waals surface area contributed by atoms with Gasteiger partial charge >= 0.3 is 7.75 Å². The van der Waals surface area contributed by atoms with E-state index in [-0.39, 0.29) is 30.0 Å². The van der Waals surface area contributed by atoms with E-state index in [2.05, 4.69) is 24.9 Å². The molecule has 4 rings (SSSR count). The highest BCUT2D eigenvalue weighted by Crippen LogP contribution is 2.39. The first kappa shape index (κ1) is 23.0. The molecule has 0 radical (unpaired) electrons. The normalized spacial score (nSPS) is 23.4. The van der Waals surface area contributed by atoms with Gasteiger partial charge in [-0.3, -0.25) is 28.8 Å². The fraction of sp³-hybridized carbons (Fsp3) is 0.438. The van der Waals surface area contributed by atoms with Gasteiger partial charge in [-0.1, -0.05) is 0 Å². The Labute approximate surface area is 184 Å². The van der Waals surface area contributed by atoms with Crippen LogP contribution in [0.3, 0.4) is 0 Å². The van der Waals surface area contributed by atoms with Gasteiger partial charge in [0.25, 0.3) is 5.56 Å². The van der Waals surface area contributed by atoms with Crippen molar-refractivity contribution < 1.29 is 28.6 Å². The third kappa shape index (κ3) is 5.11. The number of nitrogens with one attached hydrogen (secondary N) is 3. The molecule has 33 heavy (non-hydrogen) atoms. The monoisotopic (exact) mass is 483 g/mol. The highest BCUT2D eigenvalue weighted by atomic mass is 31.2. The summed E-state index contributed by atoms with van der Waals surface area (Å²) >= 11 is 0. The Balaban J connectivity index is 1.35. The maximum Gasteiger partial charge on any atom is 0.432 e. The molecule has 3 aromatic rings. The Morgan fingerprint density at radius 3 is 3.03 bits per heavy atom. The molecular weight excluding hydrogens is 461 g/mol. The molecule has 0 spiro atoms. The maximum absolute atomic E-state index is 12.3. The first-order valence-corrected chi connectivity index (χ1v) is 11.3. The molecule has 5 atom stereocenters. The van der Waals surface area contributed by atoms with Crippen LogP contribution in [0.1, 0.15) is 18.3 Å². The van der Waals surface area contributed by atoms with Crippen molar-refractivity contribution in [2.75, 3.05) is 12.3 Å². The first-order chi connectivity index (χ1) is 15.6. The molecule has 1 aliphatic rings. The van der Waals surface area contributed by atoms with Crippen molar-refractivity contribution >= 4 is 30.8 Å². The summed E-state index contributed by atoms with van der Waals surface area (Å²) in [5, 5.41) is 12.2. The fourth-order valence-electron chi connectivity index (χ4n) is 3.34. The molecule has 1 amide bonds. The number of nitrogen functional groups attached to an aromatic ring is 1. The summed E-state index contributed by atoms with van der Waals surface area (Å²) < 4.78 is 24.3. The molecule has 16 nitrogen and oxygen atoms in total. The van der Waals surface area contributed by atoms with E-state index in [4.69, 9.17) is 20.7 Å². The SMILES string of the molecule is Nc1nc2c(ncn2[C@H]2C[C@H](O)[C@@H](COP(=O)(O)NC(=O)[C@@H](N)Cc3cnc[nH]3)O2)c(=O)[nH]1. The van der Waals surface area contributed by atoms with Gasteiger partial charge in [0.05, 0.1) is 31.4 Å². The van der Waals surface area contributed by atoms with Crippen molar-refractivity contribution in [1.82, 2.24) is 34.6 Å². The molecule has 0 aliphatic carbocycles. The number of ether oxygens (including phenoxy) is 1. The van der Waals surface area contributed by atoms with E-state index in [1.54, 1.807) is 0 Å². The van der Waals surface area contributed by atoms with E-state index in [0.29, 0.717) is 5.69 Å². The van der Waals surface area contributed by atoms with Crippen LogP contribution in [0.15, 0.2) is 23.6 Å². The minimum absolute atomic E-state index is 0.0380. The standard InChI is InChI=1S/C16H22N9O7P/c17-8(1-7-3-19-5-20-7)14(27)24-33(29,30)31-4-10-9(26)2-11(32-10)25-6-21-12-13(25)22-16(18)23-15(12)28/h3,5-6,8-11,26H,1-2,4,17H2,(H,19,20)(H3,18,22,23,28)(H2,24,27,29,30)/t8-,9-,10+,11+/m0/s1. The highest BCUT2D eigenvalue weighted by Gasteiger charge is 2.38. The summed E-state index contributed by atoms with van der Waals surface area (Å²) in [6.45, 7) is -0.510. The van der Waals surface area contributed by atoms with Crippen molar-refractivity contribution in [3.8, 4) is 0 Å². The van der Waals surface area contributed by atoms with E-state index in [1.165, 1.54) is 23.4 Å². The van der Waals surface area contributed by atoms with Crippen molar-refractivity contribution in [1.29, 1.82) is 0 Å². The van der Waals surface area contributed by atoms with Crippen LogP contribution in [0.4, 0.5) is 5.95 Å². The minimum Gasteiger partial charge on any atom is -0.390 e. The molecule has 4 heterocycles. The lowest BCUT2D eigenvalue weighted by Gasteiger charge is -2.19. The topological polar surface area (TPSA) is 249 Å². The Morgan fingerprint density at radius 1 is 1.52 bits per heavy atom. The van der Waals surface area contributed by atoms with Crippen molar-refractivity contribution in [3.63, 3.8) is 0 Å². The lowest BCUT2D eigenvalue weighted by Crippen LogP contribution is -2.41. The van der Waals surface area contributed by atoms with Crippen LogP contribution < -0.4 is 22.1 Å². The number of aliphatic hydroxyl groups excluding tert-OH is 1. The molecule has 17 heteroatoms. The van der Waals surface area contributed by atoms with Gasteiger partial charge in [0.2, 0.25) is 11.9 Å². The minimum atomic E-state index is -4.59. The molecule has 3 aromatic heterocycles. The number of imidazole rings is 2. The number of carbonyl (C=O) groups excluding carboxylic acids is 1. The molecule has 0 aromatic carbocycles. The predicted octanol–water partition coefficient (Wildman–Crippen LogP) is -2.12. The molecule has 178 valence electrons. The Kier molecular flexibility index (Phi) is 6.29. The largest absolute Gasteiger partial charge is 0.432 e. The van der Waals surface area contributed by atoms with E-state index in [0.717, 1.165) is 0 Å². The van der Waals surface area contributed by atoms with Gasteiger partial charge in [0.15, 0.2) is 11.2 Å². The number of amides is 1. The van der Waals surface area contributed by atoms with Crippen LogP contribution in [0, 0.1) is 0 Å². The second-order valence-electron chi connectivity index (χ2n) is 7.39. The van der Waals surface area contributed by atoms with Gasteiger partial charge in [-0.05, 0) is 0 Å². The van der Waals surface area contributed by atoms with E-state index in [9.17, 15) is 24.2 Å². The summed E-state index contributed by atoms with van der Waals surface area (Å²) in [5.74, 6) is -1.02. The number of aromatic amines is 2. The van der Waals surface area contributed by atoms with E-state index < -0.39 is 50.3 Å². The van der Waals surface area contributed by atoms with E-state index >= 15 is 0 Å². The number of aliphatic hydroxyl groups is 1. The number of rotatable bonds is 8. The number of H-pyrrole nitrogens is 2. The third-order valence-corrected chi connectivity index (χ3v) is 5.96. The van der Waals surface area contributed by atoms with Crippen LogP contribution in [0.25, 0.3) is 11.2 Å². The zero-order chi connectivity index (χ0) is 23.8. The van der Waals surface area contributed by atoms with Crippen LogP contribution in [-0.2, 0) is 25.0 Å². The number of nitrogens with two attached hydrogens (primary N) is 2. The number of nitrogens with zero attached hydrogens (tertiary/aromatic N) is 4. The van der Waals surface area contributed by atoms with Crippen molar-refractivity contribution in [2.24, 2.45) is 5.73 Å². The number of anilines is 1. The van der Waals surface area contributed by atoms with Gasteiger partial charge < -0.3 is 31.2 Å². The van der Waals surface area contributed by atoms with Gasteiger partial charge in [0.1, 0.15) is 12.3 Å². The second-order valence-corrected chi connectivity index (χ2v) is 8.91. The zero-order valence-corrected chi connectivity index (χ0v) is 17.9. The number of aromatic nitrogens is 6. The van der Waals surface area contributed by atoms with Crippen molar-refractivity contribution in [3.05, 3.63) is 34.9 Å². The summed E-state index contributed by atoms with van der Waals surface area (Å²) in [6.07, 6.45) is 1.45. The second kappa shape index (κ2) is 9.01. The predicted molar refractivity (Wildman–Crippen MR) is 111 cm³/mol. The van der Waals surface area contributed by atoms with Gasteiger partial charge in [-0.25, -0.2) is 14.5 Å². The smallest absolute Gasteiger partial charge is 0.390 e. The number of fused-ring (bicyclic) bond motifs is 1. The van der Waals surface area contributed by atoms with Crippen LogP contribution >= 0.6 is 7.75 Å². The van der Waals surface area contributed by atoms with Crippen LogP contribution in [0.2, 0.25) is 0 Å². The van der Waals surface area contributed by atoms with Gasteiger partial charge in [-0.2, -0.15) is 4.98 Å². The summed E-state index contributed by atoms with van der Waals surface area (Å²) in [5.41, 5.74) is 11.5. The molecule has 1 aliphatic heterocycles. The average Bonchev–Trinajstić information content (AvgIpc) is 3.46. The highest BCUT2D eigenvalue weighted by molar-refractivity contribution is 7.51. The molecule has 9 N–H and O–H groups in total. The van der Waals surface area contributed by atoms with Crippen LogP contribution in [-0.4, -0.2) is 70.3 Å². The molecule has 1 saturated heterocycles. The maximum atomic E-state index is 12.3. The Bertz CT molecular complexity index is 1240. The molecule has 0 bridgehead atoms. The summed E-state index contributed by atoms with van der Waals surface area (Å²) in [7, 11) is -4.59. The fourth-order valence-corrected chi connectivity index (χ4v) is 4.20. The number of hydrogen-bond acceptors (Lipinski definition) is 11. The zero-order valence-electron chi connectivity index (χ0n) is 17.0. The van der Waals surface area contributed by atoms with Crippen LogP contribution in [0.5, 0.6) is 0 Å². The van der Waals surface area contributed by atoms with E-state index in [1.807, 2.05) is 5.09 Å². The molecule has 0 saturated carbocycles.